The summed E-state index contributed by atoms with van der Waals surface area (Å²) in [5, 5.41) is 13.4. The van der Waals surface area contributed by atoms with E-state index in [1.807, 2.05) is 0 Å². The highest BCUT2D eigenvalue weighted by atomic mass is 35.5. The Labute approximate surface area is 113 Å². The first-order valence-electron chi connectivity index (χ1n) is 5.97. The average Bonchev–Trinajstić information content (AvgIpc) is 2.19. The highest BCUT2D eigenvalue weighted by Crippen LogP contribution is 2.22. The van der Waals surface area contributed by atoms with Gasteiger partial charge in [0.05, 0.1) is 17.0 Å². The molecule has 1 rings (SSSR count). The fraction of sp³-hybridized carbons (Fsp3) is 0.667. The van der Waals surface area contributed by atoms with Crippen LogP contribution in [0.4, 0.5) is 11.5 Å². The van der Waals surface area contributed by atoms with Crippen molar-refractivity contribution in [2.45, 2.75) is 39.7 Å². The van der Waals surface area contributed by atoms with Crippen molar-refractivity contribution in [2.75, 3.05) is 17.6 Å². The molecule has 1 unspecified atom stereocenters. The molecule has 5 nitrogen and oxygen atoms in total. The summed E-state index contributed by atoms with van der Waals surface area (Å²) in [6, 6.07) is 0. The van der Waals surface area contributed by atoms with Crippen LogP contribution < -0.4 is 11.1 Å². The minimum Gasteiger partial charge on any atom is -0.394 e. The Morgan fingerprint density at radius 1 is 1.44 bits per heavy atom. The van der Waals surface area contributed by atoms with Gasteiger partial charge in [-0.1, -0.05) is 13.8 Å². The van der Waals surface area contributed by atoms with Gasteiger partial charge in [0.15, 0.2) is 5.82 Å². The van der Waals surface area contributed by atoms with E-state index in [9.17, 15) is 5.11 Å². The molecule has 1 aromatic heterocycles. The summed E-state index contributed by atoms with van der Waals surface area (Å²) in [6.07, 6.45) is 0.692. The Morgan fingerprint density at radius 3 is 2.61 bits per heavy atom. The van der Waals surface area contributed by atoms with Crippen molar-refractivity contribution in [1.29, 1.82) is 0 Å². The molecule has 0 saturated carbocycles. The van der Waals surface area contributed by atoms with E-state index in [0.29, 0.717) is 36.1 Å². The molecule has 0 saturated heterocycles. The Bertz CT molecular complexity index is 421. The van der Waals surface area contributed by atoms with E-state index in [1.54, 1.807) is 13.8 Å². The van der Waals surface area contributed by atoms with Crippen LogP contribution in [-0.4, -0.2) is 27.2 Å². The van der Waals surface area contributed by atoms with Gasteiger partial charge in [-0.25, -0.2) is 4.98 Å². The Balaban J connectivity index is 2.74. The van der Waals surface area contributed by atoms with Gasteiger partial charge in [0, 0.05) is 6.54 Å². The summed E-state index contributed by atoms with van der Waals surface area (Å²) in [7, 11) is 0. The van der Waals surface area contributed by atoms with Crippen LogP contribution in [0.5, 0.6) is 0 Å². The number of hydrogen-bond donors (Lipinski definition) is 3. The number of nitrogens with two attached hydrogens (primary N) is 1. The molecule has 1 aromatic rings. The van der Waals surface area contributed by atoms with Crippen LogP contribution in [0.1, 0.15) is 32.9 Å². The standard InChI is InChI=1S/C12H21ClN4O/c1-7(2)5-12(4,18)6-15-10-9(14)8(3)16-11(13)17-10/h7,18H,5-6,14H2,1-4H3,(H,15,16,17). The van der Waals surface area contributed by atoms with Gasteiger partial charge in [0.2, 0.25) is 5.28 Å². The van der Waals surface area contributed by atoms with Gasteiger partial charge in [-0.2, -0.15) is 4.98 Å². The van der Waals surface area contributed by atoms with E-state index in [1.165, 1.54) is 0 Å². The van der Waals surface area contributed by atoms with Crippen LogP contribution in [-0.2, 0) is 0 Å². The number of anilines is 2. The van der Waals surface area contributed by atoms with Crippen LogP contribution in [0, 0.1) is 12.8 Å². The predicted molar refractivity (Wildman–Crippen MR) is 74.8 cm³/mol. The number of rotatable bonds is 5. The molecule has 0 aromatic carbocycles. The lowest BCUT2D eigenvalue weighted by Crippen LogP contribution is -2.35. The predicted octanol–water partition coefficient (Wildman–Crippen LogP) is 2.23. The molecule has 0 aliphatic rings. The monoisotopic (exact) mass is 272 g/mol. The van der Waals surface area contributed by atoms with E-state index >= 15 is 0 Å². The Kier molecular flexibility index (Phi) is 4.76. The van der Waals surface area contributed by atoms with Gasteiger partial charge >= 0.3 is 0 Å². The van der Waals surface area contributed by atoms with E-state index in [-0.39, 0.29) is 5.28 Å². The summed E-state index contributed by atoms with van der Waals surface area (Å²) < 4.78 is 0. The van der Waals surface area contributed by atoms with Crippen molar-refractivity contribution in [3.05, 3.63) is 11.0 Å². The summed E-state index contributed by atoms with van der Waals surface area (Å²) in [5.41, 5.74) is 6.12. The maximum Gasteiger partial charge on any atom is 0.224 e. The van der Waals surface area contributed by atoms with E-state index in [2.05, 4.69) is 29.1 Å². The normalized spacial score (nSPS) is 14.6. The highest BCUT2D eigenvalue weighted by Gasteiger charge is 2.22. The summed E-state index contributed by atoms with van der Waals surface area (Å²) >= 11 is 5.78. The van der Waals surface area contributed by atoms with Crippen molar-refractivity contribution in [3.63, 3.8) is 0 Å². The van der Waals surface area contributed by atoms with Gasteiger partial charge in [-0.15, -0.1) is 0 Å². The topological polar surface area (TPSA) is 84.1 Å². The Hall–Kier alpha value is -1.07. The fourth-order valence-corrected chi connectivity index (χ4v) is 2.12. The molecule has 0 radical (unpaired) electrons. The molecule has 102 valence electrons. The van der Waals surface area contributed by atoms with Crippen LogP contribution in [0.25, 0.3) is 0 Å². The van der Waals surface area contributed by atoms with E-state index < -0.39 is 5.60 Å². The van der Waals surface area contributed by atoms with Gasteiger partial charge in [-0.3, -0.25) is 0 Å². The van der Waals surface area contributed by atoms with Crippen molar-refractivity contribution in [2.24, 2.45) is 5.92 Å². The third kappa shape index (κ3) is 4.31. The molecule has 0 spiro atoms. The van der Waals surface area contributed by atoms with E-state index in [4.69, 9.17) is 17.3 Å². The van der Waals surface area contributed by atoms with Crippen LogP contribution in [0.15, 0.2) is 0 Å². The second-order valence-electron chi connectivity index (χ2n) is 5.29. The van der Waals surface area contributed by atoms with Crippen LogP contribution in [0.2, 0.25) is 5.28 Å². The number of halogens is 1. The molecule has 1 atom stereocenters. The zero-order chi connectivity index (χ0) is 13.9. The lowest BCUT2D eigenvalue weighted by atomic mass is 9.94. The summed E-state index contributed by atoms with van der Waals surface area (Å²) in [5.74, 6) is 0.881. The number of aryl methyl sites for hydroxylation is 1. The number of nitrogens with one attached hydrogen (secondary N) is 1. The molecular weight excluding hydrogens is 252 g/mol. The van der Waals surface area contributed by atoms with Gasteiger partial charge in [-0.05, 0) is 37.8 Å². The average molecular weight is 273 g/mol. The maximum absolute atomic E-state index is 10.2. The second-order valence-corrected chi connectivity index (χ2v) is 5.63. The van der Waals surface area contributed by atoms with Crippen LogP contribution in [0.3, 0.4) is 0 Å². The second kappa shape index (κ2) is 5.71. The molecule has 0 aliphatic carbocycles. The lowest BCUT2D eigenvalue weighted by molar-refractivity contribution is 0.0515. The molecule has 0 bridgehead atoms. The molecule has 1 heterocycles. The smallest absolute Gasteiger partial charge is 0.224 e. The minimum absolute atomic E-state index is 0.146. The van der Waals surface area contributed by atoms with E-state index in [0.717, 1.165) is 0 Å². The number of aromatic nitrogens is 2. The zero-order valence-electron chi connectivity index (χ0n) is 11.3. The highest BCUT2D eigenvalue weighted by molar-refractivity contribution is 6.28. The molecule has 0 aliphatic heterocycles. The fourth-order valence-electron chi connectivity index (χ4n) is 1.91. The van der Waals surface area contributed by atoms with Gasteiger partial charge in [0.1, 0.15) is 0 Å². The number of nitrogens with zero attached hydrogens (tertiary/aromatic N) is 2. The van der Waals surface area contributed by atoms with Crippen LogP contribution >= 0.6 is 11.6 Å². The summed E-state index contributed by atoms with van der Waals surface area (Å²) in [4.78, 5) is 7.98. The van der Waals surface area contributed by atoms with Crippen molar-refractivity contribution in [3.8, 4) is 0 Å². The molecule has 0 amide bonds. The number of aliphatic hydroxyl groups is 1. The SMILES string of the molecule is Cc1nc(Cl)nc(NCC(C)(O)CC(C)C)c1N. The largest absolute Gasteiger partial charge is 0.394 e. The molecular formula is C12H21ClN4O. The third-order valence-corrected chi connectivity index (χ3v) is 2.76. The molecule has 0 fully saturated rings. The first-order chi connectivity index (χ1) is 8.21. The number of nitrogen functional groups attached to an aromatic ring is 1. The zero-order valence-corrected chi connectivity index (χ0v) is 12.0. The van der Waals surface area contributed by atoms with Crippen molar-refractivity contribution < 1.29 is 5.11 Å². The van der Waals surface area contributed by atoms with Gasteiger partial charge < -0.3 is 16.2 Å². The minimum atomic E-state index is -0.814. The molecule has 18 heavy (non-hydrogen) atoms. The lowest BCUT2D eigenvalue weighted by Gasteiger charge is -2.26. The first kappa shape index (κ1) is 15.0. The summed E-state index contributed by atoms with van der Waals surface area (Å²) in [6.45, 7) is 8.04. The van der Waals surface area contributed by atoms with Gasteiger partial charge in [0.25, 0.3) is 0 Å². The van der Waals surface area contributed by atoms with Crippen molar-refractivity contribution in [1.82, 2.24) is 9.97 Å². The first-order valence-corrected chi connectivity index (χ1v) is 6.35. The molecule has 6 heteroatoms. The third-order valence-electron chi connectivity index (χ3n) is 2.59. The maximum atomic E-state index is 10.2. The quantitative estimate of drug-likeness (QED) is 0.716. The van der Waals surface area contributed by atoms with Crippen molar-refractivity contribution >= 4 is 23.1 Å². The Morgan fingerprint density at radius 2 is 2.06 bits per heavy atom. The molecule has 4 N–H and O–H groups in total. The number of hydrogen-bond acceptors (Lipinski definition) is 5.